The average molecular weight is 139 g/mol. The highest BCUT2D eigenvalue weighted by atomic mass is 16.5. The van der Waals surface area contributed by atoms with Crippen LogP contribution >= 0.6 is 0 Å². The molecular formula is C8H13NO. The van der Waals surface area contributed by atoms with Crippen molar-refractivity contribution in [2.24, 2.45) is 0 Å². The van der Waals surface area contributed by atoms with Crippen molar-refractivity contribution >= 4 is 0 Å². The lowest BCUT2D eigenvalue weighted by atomic mass is 10.2. The Morgan fingerprint density at radius 1 is 1.10 bits per heavy atom. The zero-order valence-corrected chi connectivity index (χ0v) is 6.18. The number of nitriles is 1. The van der Waals surface area contributed by atoms with Crippen molar-refractivity contribution in [3.8, 4) is 6.26 Å². The molecule has 0 aliphatic heterocycles. The molecule has 1 fully saturated rings. The van der Waals surface area contributed by atoms with E-state index in [-0.39, 0.29) is 6.10 Å². The molecule has 0 radical (unpaired) electrons. The van der Waals surface area contributed by atoms with E-state index >= 15 is 0 Å². The Labute approximate surface area is 61.8 Å². The van der Waals surface area contributed by atoms with Crippen molar-refractivity contribution in [3.63, 3.8) is 0 Å². The van der Waals surface area contributed by atoms with Crippen molar-refractivity contribution in [2.75, 3.05) is 0 Å². The van der Waals surface area contributed by atoms with Crippen LogP contribution in [0.1, 0.15) is 38.5 Å². The Morgan fingerprint density at radius 3 is 2.20 bits per heavy atom. The van der Waals surface area contributed by atoms with Gasteiger partial charge in [-0.25, -0.2) is 0 Å². The molecule has 0 bridgehead atoms. The molecule has 0 atom stereocenters. The third kappa shape index (κ3) is 2.26. The number of rotatable bonds is 1. The Balaban J connectivity index is 2.23. The minimum atomic E-state index is 0.229. The smallest absolute Gasteiger partial charge is 0.286 e. The summed E-state index contributed by atoms with van der Waals surface area (Å²) < 4.78 is 4.87. The van der Waals surface area contributed by atoms with Crippen molar-refractivity contribution in [2.45, 2.75) is 44.6 Å². The van der Waals surface area contributed by atoms with Gasteiger partial charge in [-0.3, -0.25) is 0 Å². The SMILES string of the molecule is N#COC1CCCCCC1. The zero-order chi connectivity index (χ0) is 7.23. The second-order valence-electron chi connectivity index (χ2n) is 2.82. The normalized spacial score (nSPS) is 21.1. The Hall–Kier alpha value is -0.710. The third-order valence-corrected chi connectivity index (χ3v) is 2.02. The molecule has 0 unspecified atom stereocenters. The molecule has 0 aromatic carbocycles. The predicted molar refractivity (Wildman–Crippen MR) is 38.2 cm³/mol. The lowest BCUT2D eigenvalue weighted by molar-refractivity contribution is 0.145. The minimum Gasteiger partial charge on any atom is -0.424 e. The molecule has 0 aromatic rings. The van der Waals surface area contributed by atoms with Crippen LogP contribution in [-0.4, -0.2) is 6.10 Å². The number of hydrogen-bond acceptors (Lipinski definition) is 2. The molecule has 1 saturated carbocycles. The monoisotopic (exact) mass is 139 g/mol. The topological polar surface area (TPSA) is 33.0 Å². The van der Waals surface area contributed by atoms with E-state index in [1.54, 1.807) is 6.26 Å². The standard InChI is InChI=1S/C8H13NO/c9-7-10-8-5-3-1-2-4-6-8/h8H,1-6H2. The van der Waals surface area contributed by atoms with Gasteiger partial charge in [-0.15, -0.1) is 0 Å². The summed E-state index contributed by atoms with van der Waals surface area (Å²) in [6.45, 7) is 0. The summed E-state index contributed by atoms with van der Waals surface area (Å²) in [5.41, 5.74) is 0. The second kappa shape index (κ2) is 4.16. The molecule has 0 saturated heterocycles. The Bertz CT molecular complexity index is 120. The van der Waals surface area contributed by atoms with Crippen LogP contribution < -0.4 is 0 Å². The van der Waals surface area contributed by atoms with Gasteiger partial charge in [-0.1, -0.05) is 12.8 Å². The summed E-state index contributed by atoms with van der Waals surface area (Å²) in [7, 11) is 0. The van der Waals surface area contributed by atoms with Gasteiger partial charge in [-0.05, 0) is 25.7 Å². The molecule has 56 valence electrons. The van der Waals surface area contributed by atoms with Crippen LogP contribution in [0.2, 0.25) is 0 Å². The number of nitrogens with zero attached hydrogens (tertiary/aromatic N) is 1. The van der Waals surface area contributed by atoms with Crippen molar-refractivity contribution < 1.29 is 4.74 Å². The molecule has 1 aliphatic carbocycles. The van der Waals surface area contributed by atoms with E-state index in [1.165, 1.54) is 25.7 Å². The lowest BCUT2D eigenvalue weighted by Gasteiger charge is -2.08. The third-order valence-electron chi connectivity index (χ3n) is 2.02. The summed E-state index contributed by atoms with van der Waals surface area (Å²) >= 11 is 0. The van der Waals surface area contributed by atoms with Gasteiger partial charge in [0.25, 0.3) is 6.26 Å². The Kier molecular flexibility index (Phi) is 3.08. The molecule has 0 aromatic heterocycles. The van der Waals surface area contributed by atoms with E-state index < -0.39 is 0 Å². The van der Waals surface area contributed by atoms with Crippen molar-refractivity contribution in [1.82, 2.24) is 0 Å². The van der Waals surface area contributed by atoms with Crippen molar-refractivity contribution in [3.05, 3.63) is 0 Å². The van der Waals surface area contributed by atoms with E-state index in [4.69, 9.17) is 10.00 Å². The van der Waals surface area contributed by atoms with E-state index in [1.807, 2.05) is 0 Å². The fraction of sp³-hybridized carbons (Fsp3) is 0.875. The summed E-state index contributed by atoms with van der Waals surface area (Å²) in [6, 6.07) is 0. The van der Waals surface area contributed by atoms with Crippen molar-refractivity contribution in [1.29, 1.82) is 5.26 Å². The van der Waals surface area contributed by atoms with Gasteiger partial charge < -0.3 is 4.74 Å². The second-order valence-corrected chi connectivity index (χ2v) is 2.82. The molecule has 0 N–H and O–H groups in total. The van der Waals surface area contributed by atoms with Gasteiger partial charge in [-0.2, -0.15) is 5.26 Å². The number of ether oxygens (including phenoxy) is 1. The fourth-order valence-electron chi connectivity index (χ4n) is 1.43. The van der Waals surface area contributed by atoms with E-state index in [0.29, 0.717) is 0 Å². The van der Waals surface area contributed by atoms with Gasteiger partial charge in [0.15, 0.2) is 0 Å². The molecule has 0 spiro atoms. The van der Waals surface area contributed by atoms with E-state index in [2.05, 4.69) is 0 Å². The van der Waals surface area contributed by atoms with Gasteiger partial charge in [0.2, 0.25) is 0 Å². The van der Waals surface area contributed by atoms with Crippen LogP contribution in [0, 0.1) is 11.5 Å². The average Bonchev–Trinajstić information content (AvgIpc) is 2.17. The molecule has 0 amide bonds. The molecular weight excluding hydrogens is 126 g/mol. The highest BCUT2D eigenvalue weighted by Crippen LogP contribution is 2.19. The summed E-state index contributed by atoms with van der Waals surface area (Å²) in [5, 5.41) is 8.24. The highest BCUT2D eigenvalue weighted by molar-refractivity contribution is 4.67. The molecule has 1 rings (SSSR count). The summed E-state index contributed by atoms with van der Waals surface area (Å²) in [5.74, 6) is 0. The van der Waals surface area contributed by atoms with Crippen LogP contribution in [0.15, 0.2) is 0 Å². The lowest BCUT2D eigenvalue weighted by Crippen LogP contribution is -2.07. The van der Waals surface area contributed by atoms with Gasteiger partial charge >= 0.3 is 0 Å². The van der Waals surface area contributed by atoms with Crippen LogP contribution in [0.5, 0.6) is 0 Å². The first-order valence-electron chi connectivity index (χ1n) is 3.98. The number of hydrogen-bond donors (Lipinski definition) is 0. The minimum absolute atomic E-state index is 0.229. The quantitative estimate of drug-likeness (QED) is 0.412. The first kappa shape index (κ1) is 7.40. The Morgan fingerprint density at radius 2 is 1.70 bits per heavy atom. The maximum absolute atomic E-state index is 8.24. The molecule has 0 heterocycles. The molecule has 2 nitrogen and oxygen atoms in total. The maximum atomic E-state index is 8.24. The highest BCUT2D eigenvalue weighted by Gasteiger charge is 2.11. The van der Waals surface area contributed by atoms with Crippen LogP contribution in [0.3, 0.4) is 0 Å². The molecule has 1 aliphatic rings. The summed E-state index contributed by atoms with van der Waals surface area (Å²) in [6.07, 6.45) is 9.23. The van der Waals surface area contributed by atoms with Gasteiger partial charge in [0.05, 0.1) is 0 Å². The fourth-order valence-corrected chi connectivity index (χ4v) is 1.43. The molecule has 10 heavy (non-hydrogen) atoms. The first-order chi connectivity index (χ1) is 4.93. The molecule has 2 heteroatoms. The first-order valence-corrected chi connectivity index (χ1v) is 3.98. The summed E-state index contributed by atoms with van der Waals surface area (Å²) in [4.78, 5) is 0. The predicted octanol–water partition coefficient (Wildman–Crippen LogP) is 2.21. The maximum Gasteiger partial charge on any atom is 0.286 e. The van der Waals surface area contributed by atoms with Crippen LogP contribution in [0.4, 0.5) is 0 Å². The largest absolute Gasteiger partial charge is 0.424 e. The van der Waals surface area contributed by atoms with E-state index in [0.717, 1.165) is 12.8 Å². The van der Waals surface area contributed by atoms with Gasteiger partial charge in [0.1, 0.15) is 6.10 Å². The van der Waals surface area contributed by atoms with Gasteiger partial charge in [0, 0.05) is 0 Å². The van der Waals surface area contributed by atoms with Crippen LogP contribution in [0.25, 0.3) is 0 Å². The van der Waals surface area contributed by atoms with E-state index in [9.17, 15) is 0 Å². The zero-order valence-electron chi connectivity index (χ0n) is 6.18. The van der Waals surface area contributed by atoms with Crippen LogP contribution in [-0.2, 0) is 4.74 Å².